The Labute approximate surface area is 101 Å². The maximum atomic E-state index is 10.8. The molecule has 4 rings (SSSR count). The number of nitrogens with one attached hydrogen (secondary N) is 1. The number of rotatable bonds is 3. The van der Waals surface area contributed by atoms with E-state index in [0.29, 0.717) is 5.41 Å². The third-order valence-corrected chi connectivity index (χ3v) is 6.21. The fourth-order valence-electron chi connectivity index (χ4n) is 6.09. The number of aliphatic carboxylic acids is 1. The zero-order valence-corrected chi connectivity index (χ0v) is 10.0. The number of carboxylic acid groups (broad SMARTS) is 1. The quantitative estimate of drug-likeness (QED) is 0.674. The highest BCUT2D eigenvalue weighted by molar-refractivity contribution is 5.69. The Kier molecular flexibility index (Phi) is 1.64. The van der Waals surface area contributed by atoms with Crippen LogP contribution in [0.3, 0.4) is 0 Å². The average Bonchev–Trinajstić information content (AvgIpc) is 2.49. The molecular formula is C13H20N2O2. The summed E-state index contributed by atoms with van der Waals surface area (Å²) < 4.78 is 0. The normalized spacial score (nSPS) is 57.9. The number of hydrogen-bond donors (Lipinski definition) is 3. The van der Waals surface area contributed by atoms with E-state index < -0.39 is 5.97 Å². The standard InChI is InChI=1S/C13H20N2O2/c14-11-1-8-2-12(7-11)9(4-11)5-13(12,3-8)15-6-10(16)17/h8-9,15H,1-7,14H2,(H,16,17). The van der Waals surface area contributed by atoms with E-state index in [1.807, 2.05) is 0 Å². The van der Waals surface area contributed by atoms with Gasteiger partial charge in [0.2, 0.25) is 0 Å². The van der Waals surface area contributed by atoms with Crippen molar-refractivity contribution in [3.05, 3.63) is 0 Å². The van der Waals surface area contributed by atoms with E-state index in [1.54, 1.807) is 0 Å². The van der Waals surface area contributed by atoms with Gasteiger partial charge in [-0.2, -0.15) is 0 Å². The van der Waals surface area contributed by atoms with Crippen LogP contribution < -0.4 is 11.1 Å². The monoisotopic (exact) mass is 236 g/mol. The van der Waals surface area contributed by atoms with E-state index in [4.69, 9.17) is 10.8 Å². The molecule has 4 nitrogen and oxygen atoms in total. The summed E-state index contributed by atoms with van der Waals surface area (Å²) >= 11 is 0. The van der Waals surface area contributed by atoms with Gasteiger partial charge in [0.1, 0.15) is 0 Å². The van der Waals surface area contributed by atoms with Crippen LogP contribution in [0.15, 0.2) is 0 Å². The molecule has 0 heterocycles. The molecule has 5 atom stereocenters. The van der Waals surface area contributed by atoms with Gasteiger partial charge >= 0.3 is 5.97 Å². The third kappa shape index (κ3) is 1.04. The van der Waals surface area contributed by atoms with Crippen molar-refractivity contribution in [2.24, 2.45) is 23.0 Å². The second-order valence-electron chi connectivity index (χ2n) is 7.11. The number of carbonyl (C=O) groups is 1. The summed E-state index contributed by atoms with van der Waals surface area (Å²) in [5.74, 6) is 0.765. The molecule has 4 aliphatic rings. The maximum Gasteiger partial charge on any atom is 0.317 e. The molecule has 0 amide bonds. The second kappa shape index (κ2) is 2.69. The average molecular weight is 236 g/mol. The van der Waals surface area contributed by atoms with Crippen LogP contribution in [0.25, 0.3) is 0 Å². The Morgan fingerprint density at radius 2 is 2.12 bits per heavy atom. The van der Waals surface area contributed by atoms with E-state index in [-0.39, 0.29) is 17.6 Å². The maximum absolute atomic E-state index is 10.8. The molecule has 4 fully saturated rings. The van der Waals surface area contributed by atoms with Gasteiger partial charge in [-0.15, -0.1) is 0 Å². The molecular weight excluding hydrogens is 216 g/mol. The summed E-state index contributed by atoms with van der Waals surface area (Å²) in [6.07, 6.45) is 7.10. The minimum atomic E-state index is -0.738. The molecule has 0 aromatic carbocycles. The molecule has 0 aliphatic heterocycles. The minimum Gasteiger partial charge on any atom is -0.480 e. The van der Waals surface area contributed by atoms with Gasteiger partial charge in [-0.25, -0.2) is 0 Å². The lowest BCUT2D eigenvalue weighted by molar-refractivity contribution is -0.138. The van der Waals surface area contributed by atoms with Crippen molar-refractivity contribution in [3.63, 3.8) is 0 Å². The zero-order valence-electron chi connectivity index (χ0n) is 10.0. The summed E-state index contributed by atoms with van der Waals surface area (Å²) in [4.78, 5) is 10.8. The number of hydrogen-bond acceptors (Lipinski definition) is 3. The minimum absolute atomic E-state index is 0.0801. The fraction of sp³-hybridized carbons (Fsp3) is 0.923. The number of fused-ring (bicyclic) bond motifs is 2. The topological polar surface area (TPSA) is 75.3 Å². The Hall–Kier alpha value is -0.610. The first-order valence-corrected chi connectivity index (χ1v) is 6.73. The van der Waals surface area contributed by atoms with Crippen LogP contribution >= 0.6 is 0 Å². The first-order valence-electron chi connectivity index (χ1n) is 6.73. The Bertz CT molecular complexity index is 408. The summed E-state index contributed by atoms with van der Waals surface area (Å²) in [7, 11) is 0. The van der Waals surface area contributed by atoms with Crippen LogP contribution in [0.1, 0.15) is 38.5 Å². The van der Waals surface area contributed by atoms with Gasteiger partial charge in [0.05, 0.1) is 6.54 Å². The number of carboxylic acids is 1. The van der Waals surface area contributed by atoms with Crippen molar-refractivity contribution in [1.82, 2.24) is 5.32 Å². The molecule has 4 heteroatoms. The molecule has 94 valence electrons. The molecule has 4 N–H and O–H groups in total. The van der Waals surface area contributed by atoms with E-state index in [1.165, 1.54) is 19.3 Å². The van der Waals surface area contributed by atoms with Crippen LogP contribution in [0.2, 0.25) is 0 Å². The van der Waals surface area contributed by atoms with Crippen LogP contribution in [-0.4, -0.2) is 28.7 Å². The molecule has 0 aromatic heterocycles. The summed E-state index contributed by atoms with van der Waals surface area (Å²) in [6.45, 7) is 0.110. The van der Waals surface area contributed by atoms with E-state index in [0.717, 1.165) is 31.1 Å². The molecule has 0 radical (unpaired) electrons. The van der Waals surface area contributed by atoms with Crippen LogP contribution in [0.5, 0.6) is 0 Å². The highest BCUT2D eigenvalue weighted by atomic mass is 16.4. The zero-order chi connectivity index (χ0) is 11.9. The van der Waals surface area contributed by atoms with E-state index in [9.17, 15) is 4.79 Å². The highest BCUT2D eigenvalue weighted by Crippen LogP contribution is 2.77. The van der Waals surface area contributed by atoms with Gasteiger partial charge in [-0.1, -0.05) is 0 Å². The van der Waals surface area contributed by atoms with Gasteiger partial charge in [0.25, 0.3) is 0 Å². The molecule has 4 aliphatic carbocycles. The Morgan fingerprint density at radius 3 is 2.88 bits per heavy atom. The van der Waals surface area contributed by atoms with Gasteiger partial charge in [-0.3, -0.25) is 4.79 Å². The third-order valence-electron chi connectivity index (χ3n) is 6.21. The molecule has 1 spiro atoms. The molecule has 3 bridgehead atoms. The predicted octanol–water partition coefficient (Wildman–Crippen LogP) is 0.711. The molecule has 17 heavy (non-hydrogen) atoms. The van der Waals surface area contributed by atoms with Gasteiger partial charge in [-0.05, 0) is 55.8 Å². The fourth-order valence-corrected chi connectivity index (χ4v) is 6.09. The van der Waals surface area contributed by atoms with Crippen molar-refractivity contribution in [2.75, 3.05) is 6.54 Å². The molecule has 5 unspecified atom stereocenters. The van der Waals surface area contributed by atoms with Gasteiger partial charge in [0, 0.05) is 11.1 Å². The van der Waals surface area contributed by atoms with Gasteiger partial charge < -0.3 is 16.2 Å². The molecule has 0 saturated heterocycles. The molecule has 4 saturated carbocycles. The molecule has 0 aromatic rings. The Balaban J connectivity index is 1.66. The van der Waals surface area contributed by atoms with E-state index >= 15 is 0 Å². The van der Waals surface area contributed by atoms with Crippen molar-refractivity contribution >= 4 is 5.97 Å². The second-order valence-corrected chi connectivity index (χ2v) is 7.11. The summed E-state index contributed by atoms with van der Waals surface area (Å²) in [5.41, 5.74) is 7.07. The largest absolute Gasteiger partial charge is 0.480 e. The van der Waals surface area contributed by atoms with Crippen LogP contribution in [-0.2, 0) is 4.79 Å². The van der Waals surface area contributed by atoms with Crippen molar-refractivity contribution in [2.45, 2.75) is 49.6 Å². The highest BCUT2D eigenvalue weighted by Gasteiger charge is 2.76. The SMILES string of the molecule is NC12CC3CC4(NCC(=O)O)CC(C1)C4(C3)C2. The van der Waals surface area contributed by atoms with Crippen molar-refractivity contribution in [3.8, 4) is 0 Å². The lowest BCUT2D eigenvalue weighted by Crippen LogP contribution is -2.66. The summed E-state index contributed by atoms with van der Waals surface area (Å²) in [5, 5.41) is 12.3. The number of nitrogens with two attached hydrogens (primary N) is 1. The first kappa shape index (κ1) is 10.3. The first-order chi connectivity index (χ1) is 7.97. The van der Waals surface area contributed by atoms with Crippen LogP contribution in [0, 0.1) is 17.3 Å². The van der Waals surface area contributed by atoms with Crippen LogP contribution in [0.4, 0.5) is 0 Å². The predicted molar refractivity (Wildman–Crippen MR) is 62.4 cm³/mol. The van der Waals surface area contributed by atoms with Crippen molar-refractivity contribution in [1.29, 1.82) is 0 Å². The van der Waals surface area contributed by atoms with Crippen molar-refractivity contribution < 1.29 is 9.90 Å². The smallest absolute Gasteiger partial charge is 0.317 e. The summed E-state index contributed by atoms with van der Waals surface area (Å²) in [6, 6.07) is 0. The Morgan fingerprint density at radius 1 is 1.29 bits per heavy atom. The van der Waals surface area contributed by atoms with E-state index in [2.05, 4.69) is 5.32 Å². The lowest BCUT2D eigenvalue weighted by atomic mass is 9.51. The van der Waals surface area contributed by atoms with Gasteiger partial charge in [0.15, 0.2) is 0 Å². The lowest BCUT2D eigenvalue weighted by Gasteiger charge is -2.59.